The summed E-state index contributed by atoms with van der Waals surface area (Å²) in [6.45, 7) is 5.52. The van der Waals surface area contributed by atoms with E-state index in [4.69, 9.17) is 20.3 Å². The second-order valence-corrected chi connectivity index (χ2v) is 8.65. The van der Waals surface area contributed by atoms with E-state index in [9.17, 15) is 9.59 Å². The highest BCUT2D eigenvalue weighted by atomic mass is 16.5. The molecule has 1 atom stereocenters. The molecule has 0 spiro atoms. The minimum Gasteiger partial charge on any atom is -0.493 e. The Morgan fingerprint density at radius 2 is 1.94 bits per heavy atom. The first-order chi connectivity index (χ1) is 17.0. The minimum atomic E-state index is -0.560. The van der Waals surface area contributed by atoms with Crippen LogP contribution in [0.5, 0.6) is 17.2 Å². The second-order valence-electron chi connectivity index (χ2n) is 8.65. The molecule has 2 aliphatic heterocycles. The van der Waals surface area contributed by atoms with Crippen molar-refractivity contribution >= 4 is 17.6 Å². The molecule has 0 saturated carbocycles. The molecule has 1 unspecified atom stereocenters. The standard InChI is InChI=1S/C26H27N5O4/c1-3-22(32)30-14-17(15-30)19-11-12-28-26-23(25(27)33)24(29-31(19)26)16-9-10-20(21(13-16)34-2)35-18-7-5-4-6-8-18/h3-10,13,17,19,28H,1,11-12,14-15H2,2H3,(H2,27,33). The molecule has 9 heteroatoms. The van der Waals surface area contributed by atoms with E-state index in [-0.39, 0.29) is 17.9 Å². The van der Waals surface area contributed by atoms with E-state index in [1.807, 2.05) is 41.1 Å². The Hall–Kier alpha value is -4.27. The van der Waals surface area contributed by atoms with E-state index < -0.39 is 5.91 Å². The average Bonchev–Trinajstić information content (AvgIpc) is 3.24. The largest absolute Gasteiger partial charge is 0.493 e. The summed E-state index contributed by atoms with van der Waals surface area (Å²) in [5, 5.41) is 8.14. The fraction of sp³-hybridized carbons (Fsp3) is 0.269. The van der Waals surface area contributed by atoms with Crippen molar-refractivity contribution < 1.29 is 19.1 Å². The molecule has 3 aromatic rings. The van der Waals surface area contributed by atoms with E-state index in [0.717, 1.165) is 6.42 Å². The topological polar surface area (TPSA) is 112 Å². The third kappa shape index (κ3) is 4.09. The van der Waals surface area contributed by atoms with Gasteiger partial charge in [0, 0.05) is 31.1 Å². The quantitative estimate of drug-likeness (QED) is 0.509. The number of anilines is 1. The number of fused-ring (bicyclic) bond motifs is 1. The predicted molar refractivity (Wildman–Crippen MR) is 132 cm³/mol. The summed E-state index contributed by atoms with van der Waals surface area (Å²) in [6, 6.07) is 14.9. The summed E-state index contributed by atoms with van der Waals surface area (Å²) < 4.78 is 13.4. The van der Waals surface area contributed by atoms with Gasteiger partial charge in [0.25, 0.3) is 5.91 Å². The van der Waals surface area contributed by atoms with Crippen molar-refractivity contribution in [2.45, 2.75) is 12.5 Å². The van der Waals surface area contributed by atoms with Crippen LogP contribution in [0.1, 0.15) is 22.8 Å². The molecule has 1 aromatic heterocycles. The average molecular weight is 474 g/mol. The van der Waals surface area contributed by atoms with Gasteiger partial charge in [-0.1, -0.05) is 24.8 Å². The summed E-state index contributed by atoms with van der Waals surface area (Å²) in [6.07, 6.45) is 2.17. The van der Waals surface area contributed by atoms with Gasteiger partial charge in [-0.25, -0.2) is 4.68 Å². The number of aromatic nitrogens is 2. The number of rotatable bonds is 7. The van der Waals surface area contributed by atoms with Crippen LogP contribution in [0, 0.1) is 5.92 Å². The fourth-order valence-corrected chi connectivity index (χ4v) is 4.76. The maximum Gasteiger partial charge on any atom is 0.254 e. The molecule has 0 radical (unpaired) electrons. The van der Waals surface area contributed by atoms with Crippen molar-refractivity contribution in [2.24, 2.45) is 11.7 Å². The number of hydrogen-bond donors (Lipinski definition) is 2. The smallest absolute Gasteiger partial charge is 0.254 e. The van der Waals surface area contributed by atoms with Crippen LogP contribution in [0.15, 0.2) is 61.2 Å². The van der Waals surface area contributed by atoms with Crippen LogP contribution < -0.4 is 20.5 Å². The van der Waals surface area contributed by atoms with Crippen molar-refractivity contribution in [1.82, 2.24) is 14.7 Å². The molecule has 5 rings (SSSR count). The van der Waals surface area contributed by atoms with Crippen molar-refractivity contribution in [3.63, 3.8) is 0 Å². The highest BCUT2D eigenvalue weighted by Crippen LogP contribution is 2.41. The van der Waals surface area contributed by atoms with Crippen LogP contribution in [-0.2, 0) is 4.79 Å². The molecule has 3 heterocycles. The number of hydrogen-bond acceptors (Lipinski definition) is 6. The molecule has 0 bridgehead atoms. The number of ether oxygens (including phenoxy) is 2. The van der Waals surface area contributed by atoms with Gasteiger partial charge < -0.3 is 25.4 Å². The van der Waals surface area contributed by atoms with Crippen LogP contribution in [0.3, 0.4) is 0 Å². The van der Waals surface area contributed by atoms with Gasteiger partial charge >= 0.3 is 0 Å². The third-order valence-electron chi connectivity index (χ3n) is 6.55. The van der Waals surface area contributed by atoms with Gasteiger partial charge in [-0.15, -0.1) is 0 Å². The maximum atomic E-state index is 12.5. The number of nitrogens with one attached hydrogen (secondary N) is 1. The molecule has 0 aliphatic carbocycles. The predicted octanol–water partition coefficient (Wildman–Crippen LogP) is 3.45. The van der Waals surface area contributed by atoms with Crippen molar-refractivity contribution in [3.05, 3.63) is 66.7 Å². The molecule has 1 fully saturated rings. The Morgan fingerprint density at radius 1 is 1.17 bits per heavy atom. The van der Waals surface area contributed by atoms with E-state index in [1.165, 1.54) is 6.08 Å². The van der Waals surface area contributed by atoms with Crippen LogP contribution in [0.2, 0.25) is 0 Å². The number of carbonyl (C=O) groups is 2. The monoisotopic (exact) mass is 473 g/mol. The van der Waals surface area contributed by atoms with Gasteiger partial charge in [-0.3, -0.25) is 9.59 Å². The SMILES string of the molecule is C=CC(=O)N1CC(C2CCNc3c(C(N)=O)c(-c4ccc(Oc5ccccc5)c(OC)c4)nn32)C1. The zero-order valence-corrected chi connectivity index (χ0v) is 19.4. The zero-order valence-electron chi connectivity index (χ0n) is 19.4. The Kier molecular flexibility index (Phi) is 5.90. The first-order valence-electron chi connectivity index (χ1n) is 11.5. The summed E-state index contributed by atoms with van der Waals surface area (Å²) in [5.41, 5.74) is 7.33. The summed E-state index contributed by atoms with van der Waals surface area (Å²) in [5.74, 6) is 1.96. The van der Waals surface area contributed by atoms with Crippen LogP contribution in [0.25, 0.3) is 11.3 Å². The Bertz CT molecular complexity index is 1280. The zero-order chi connectivity index (χ0) is 24.5. The van der Waals surface area contributed by atoms with Gasteiger partial charge in [-0.05, 0) is 42.8 Å². The molecule has 180 valence electrons. The normalized spacial score (nSPS) is 17.1. The lowest BCUT2D eigenvalue weighted by molar-refractivity contribution is -0.133. The van der Waals surface area contributed by atoms with E-state index >= 15 is 0 Å². The second kappa shape index (κ2) is 9.17. The van der Waals surface area contributed by atoms with Crippen molar-refractivity contribution in [2.75, 3.05) is 32.1 Å². The lowest BCUT2D eigenvalue weighted by Gasteiger charge is -2.44. The Labute approximate surface area is 203 Å². The van der Waals surface area contributed by atoms with Gasteiger partial charge in [0.15, 0.2) is 11.5 Å². The van der Waals surface area contributed by atoms with Gasteiger partial charge in [0.05, 0.1) is 13.2 Å². The number of likely N-dealkylation sites (tertiary alicyclic amines) is 1. The summed E-state index contributed by atoms with van der Waals surface area (Å²) in [4.78, 5) is 26.2. The van der Waals surface area contributed by atoms with Crippen LogP contribution in [0.4, 0.5) is 5.82 Å². The number of methoxy groups -OCH3 is 1. The van der Waals surface area contributed by atoms with Crippen LogP contribution >= 0.6 is 0 Å². The molecule has 2 amide bonds. The molecular formula is C26H27N5O4. The molecule has 1 saturated heterocycles. The van der Waals surface area contributed by atoms with Crippen LogP contribution in [-0.4, -0.2) is 53.2 Å². The summed E-state index contributed by atoms with van der Waals surface area (Å²) in [7, 11) is 1.56. The lowest BCUT2D eigenvalue weighted by Crippen LogP contribution is -2.53. The minimum absolute atomic E-state index is 0.0505. The lowest BCUT2D eigenvalue weighted by atomic mass is 9.88. The molecule has 3 N–H and O–H groups in total. The van der Waals surface area contributed by atoms with E-state index in [2.05, 4.69) is 11.9 Å². The third-order valence-corrected chi connectivity index (χ3v) is 6.55. The molecule has 9 nitrogen and oxygen atoms in total. The summed E-state index contributed by atoms with van der Waals surface area (Å²) >= 11 is 0. The number of primary amides is 1. The molecule has 2 aliphatic rings. The first-order valence-corrected chi connectivity index (χ1v) is 11.5. The first kappa shape index (κ1) is 22.5. The van der Waals surface area contributed by atoms with Gasteiger partial charge in [0.1, 0.15) is 22.8 Å². The number of nitrogens with two attached hydrogens (primary N) is 1. The molecular weight excluding hydrogens is 446 g/mol. The van der Waals surface area contributed by atoms with Crippen molar-refractivity contribution in [3.8, 4) is 28.5 Å². The van der Waals surface area contributed by atoms with Crippen molar-refractivity contribution in [1.29, 1.82) is 0 Å². The molecule has 35 heavy (non-hydrogen) atoms. The Balaban J connectivity index is 1.49. The van der Waals surface area contributed by atoms with Gasteiger partial charge in [-0.2, -0.15) is 5.10 Å². The number of para-hydroxylation sites is 1. The van der Waals surface area contributed by atoms with E-state index in [1.54, 1.807) is 24.1 Å². The fourth-order valence-electron chi connectivity index (χ4n) is 4.76. The number of benzene rings is 2. The number of carbonyl (C=O) groups excluding carboxylic acids is 2. The maximum absolute atomic E-state index is 12.5. The number of nitrogens with zero attached hydrogens (tertiary/aromatic N) is 3. The van der Waals surface area contributed by atoms with E-state index in [0.29, 0.717) is 59.5 Å². The highest BCUT2D eigenvalue weighted by molar-refractivity contribution is 6.04. The Morgan fingerprint density at radius 3 is 2.63 bits per heavy atom. The number of amides is 2. The highest BCUT2D eigenvalue weighted by Gasteiger charge is 2.40. The molecule has 2 aromatic carbocycles. The van der Waals surface area contributed by atoms with Gasteiger partial charge in [0.2, 0.25) is 5.91 Å².